The molecule has 0 spiro atoms. The highest BCUT2D eigenvalue weighted by atomic mass is 32.2. The second-order valence-corrected chi connectivity index (χ2v) is 5.68. The van der Waals surface area contributed by atoms with Gasteiger partial charge in [-0.15, -0.1) is 0 Å². The molecule has 3 aromatic heterocycles. The van der Waals surface area contributed by atoms with Gasteiger partial charge in [0.15, 0.2) is 11.0 Å². The first-order valence-electron chi connectivity index (χ1n) is 6.76. The van der Waals surface area contributed by atoms with Crippen molar-refractivity contribution in [3.63, 3.8) is 0 Å². The van der Waals surface area contributed by atoms with Crippen molar-refractivity contribution >= 4 is 17.7 Å². The van der Waals surface area contributed by atoms with Crippen LogP contribution in [-0.4, -0.2) is 41.3 Å². The van der Waals surface area contributed by atoms with Crippen molar-refractivity contribution < 1.29 is 9.32 Å². The van der Waals surface area contributed by atoms with Gasteiger partial charge in [-0.25, -0.2) is 15.0 Å². The van der Waals surface area contributed by atoms with Gasteiger partial charge in [0.1, 0.15) is 5.82 Å². The Kier molecular flexibility index (Phi) is 4.33. The summed E-state index contributed by atoms with van der Waals surface area (Å²) in [4.78, 5) is 27.8. The average Bonchev–Trinajstić information content (AvgIpc) is 3.18. The Morgan fingerprint density at radius 1 is 1.35 bits per heavy atom. The van der Waals surface area contributed by atoms with Gasteiger partial charge in [0, 0.05) is 24.8 Å². The van der Waals surface area contributed by atoms with E-state index in [0.29, 0.717) is 11.6 Å². The second-order valence-electron chi connectivity index (χ2n) is 4.45. The van der Waals surface area contributed by atoms with Crippen molar-refractivity contribution in [3.8, 4) is 11.4 Å². The molecule has 2 N–H and O–H groups in total. The number of thioether (sulfide) groups is 1. The van der Waals surface area contributed by atoms with Crippen LogP contribution in [0.1, 0.15) is 23.4 Å². The van der Waals surface area contributed by atoms with Crippen LogP contribution in [0.3, 0.4) is 0 Å². The van der Waals surface area contributed by atoms with Gasteiger partial charge >= 0.3 is 11.8 Å². The summed E-state index contributed by atoms with van der Waals surface area (Å²) >= 11 is 1.57. The maximum Gasteiger partial charge on any atom is 0.315 e. The molecular weight excluding hydrogens is 318 g/mol. The molecule has 0 aliphatic rings. The topological polar surface area (TPSA) is 126 Å². The molecule has 0 atom stereocenters. The average molecular weight is 331 g/mol. The third-order valence-electron chi connectivity index (χ3n) is 2.87. The number of imidazole rings is 1. The van der Waals surface area contributed by atoms with Gasteiger partial charge in [0.05, 0.1) is 12.1 Å². The lowest BCUT2D eigenvalue weighted by Gasteiger charge is -2.05. The van der Waals surface area contributed by atoms with Gasteiger partial charge in [0.25, 0.3) is 0 Å². The Hall–Kier alpha value is -2.75. The van der Waals surface area contributed by atoms with Crippen molar-refractivity contribution in [2.24, 2.45) is 5.73 Å². The predicted octanol–water partition coefficient (Wildman–Crippen LogP) is 0.982. The summed E-state index contributed by atoms with van der Waals surface area (Å²) < 4.78 is 6.57. The van der Waals surface area contributed by atoms with Crippen LogP contribution in [0.25, 0.3) is 11.4 Å². The van der Waals surface area contributed by atoms with Crippen LogP contribution in [0, 0.1) is 0 Å². The Labute approximate surface area is 135 Å². The molecular formula is C13H13N7O2S. The summed E-state index contributed by atoms with van der Waals surface area (Å²) in [6.45, 7) is 2.33. The van der Waals surface area contributed by atoms with Crippen LogP contribution < -0.4 is 5.73 Å². The maximum absolute atomic E-state index is 11.0. The first-order valence-corrected chi connectivity index (χ1v) is 7.74. The molecule has 9 nitrogen and oxygen atoms in total. The van der Waals surface area contributed by atoms with E-state index in [1.807, 2.05) is 6.92 Å². The van der Waals surface area contributed by atoms with Crippen molar-refractivity contribution in [2.45, 2.75) is 18.6 Å². The van der Waals surface area contributed by atoms with E-state index in [-0.39, 0.29) is 12.4 Å². The fourth-order valence-corrected chi connectivity index (χ4v) is 2.42. The van der Waals surface area contributed by atoms with E-state index in [1.165, 1.54) is 0 Å². The van der Waals surface area contributed by atoms with Crippen molar-refractivity contribution in [1.82, 2.24) is 29.7 Å². The zero-order chi connectivity index (χ0) is 16.2. The van der Waals surface area contributed by atoms with Crippen molar-refractivity contribution in [1.29, 1.82) is 0 Å². The standard InChI is InChI=1S/C13H13N7O2S/c1-2-23-13-16-5-8(6-17-13)11-15-3-4-20(11)7-9-18-12(10(14)21)22-19-9/h3-6H,2,7H2,1H3,(H2,14,21). The number of nitrogens with two attached hydrogens (primary N) is 1. The minimum absolute atomic E-state index is 0.217. The molecule has 0 saturated heterocycles. The first-order chi connectivity index (χ1) is 11.2. The summed E-state index contributed by atoms with van der Waals surface area (Å²) in [5.74, 6) is 0.937. The van der Waals surface area contributed by atoms with Crippen LogP contribution in [0.4, 0.5) is 0 Å². The second kappa shape index (κ2) is 6.57. The Morgan fingerprint density at radius 2 is 2.13 bits per heavy atom. The largest absolute Gasteiger partial charge is 0.361 e. The van der Waals surface area contributed by atoms with Crippen LogP contribution >= 0.6 is 11.8 Å². The highest BCUT2D eigenvalue weighted by molar-refractivity contribution is 7.99. The third-order valence-corrected chi connectivity index (χ3v) is 3.62. The number of amides is 1. The molecule has 3 heterocycles. The smallest absolute Gasteiger partial charge is 0.315 e. The summed E-state index contributed by atoms with van der Waals surface area (Å²) in [7, 11) is 0. The van der Waals surface area contributed by atoms with Crippen molar-refractivity contribution in [2.75, 3.05) is 5.75 Å². The van der Waals surface area contributed by atoms with Gasteiger partial charge in [0.2, 0.25) is 0 Å². The molecule has 0 saturated carbocycles. The molecule has 0 aromatic carbocycles. The molecule has 1 amide bonds. The monoisotopic (exact) mass is 331 g/mol. The molecule has 3 rings (SSSR count). The molecule has 0 unspecified atom stereocenters. The first kappa shape index (κ1) is 15.2. The van der Waals surface area contributed by atoms with Gasteiger partial charge in [-0.1, -0.05) is 23.8 Å². The number of hydrogen-bond acceptors (Lipinski definition) is 8. The van der Waals surface area contributed by atoms with Gasteiger partial charge < -0.3 is 14.8 Å². The fraction of sp³-hybridized carbons (Fsp3) is 0.231. The van der Waals surface area contributed by atoms with Gasteiger partial charge in [-0.05, 0) is 5.75 Å². The maximum atomic E-state index is 11.0. The normalized spacial score (nSPS) is 10.8. The third kappa shape index (κ3) is 3.37. The van der Waals surface area contributed by atoms with E-state index in [0.717, 1.165) is 16.5 Å². The van der Waals surface area contributed by atoms with E-state index in [1.54, 1.807) is 41.1 Å². The number of aromatic nitrogens is 6. The Bertz CT molecular complexity index is 812. The molecule has 10 heteroatoms. The molecule has 0 bridgehead atoms. The van der Waals surface area contributed by atoms with Crippen molar-refractivity contribution in [3.05, 3.63) is 36.5 Å². The minimum atomic E-state index is -0.757. The minimum Gasteiger partial charge on any atom is -0.361 e. The lowest BCUT2D eigenvalue weighted by molar-refractivity contribution is 0.0958. The number of carbonyl (C=O) groups excluding carboxylic acids is 1. The molecule has 0 aliphatic heterocycles. The number of nitrogens with zero attached hydrogens (tertiary/aromatic N) is 6. The number of rotatable bonds is 6. The zero-order valence-electron chi connectivity index (χ0n) is 12.2. The molecule has 118 valence electrons. The van der Waals surface area contributed by atoms with E-state index >= 15 is 0 Å². The number of hydrogen-bond donors (Lipinski definition) is 1. The van der Waals surface area contributed by atoms with Crippen LogP contribution in [0.5, 0.6) is 0 Å². The van der Waals surface area contributed by atoms with E-state index in [2.05, 4.69) is 25.1 Å². The Morgan fingerprint density at radius 3 is 2.78 bits per heavy atom. The number of carbonyl (C=O) groups is 1. The highest BCUT2D eigenvalue weighted by Crippen LogP contribution is 2.19. The lowest BCUT2D eigenvalue weighted by atomic mass is 10.3. The SMILES string of the molecule is CCSc1ncc(-c2nccn2Cc2noc(C(N)=O)n2)cn1. The van der Waals surface area contributed by atoms with Crippen LogP contribution in [0.2, 0.25) is 0 Å². The number of primary amides is 1. The van der Waals surface area contributed by atoms with E-state index in [9.17, 15) is 4.79 Å². The fourth-order valence-electron chi connectivity index (χ4n) is 1.90. The quantitative estimate of drug-likeness (QED) is 0.523. The van der Waals surface area contributed by atoms with Gasteiger partial charge in [-0.3, -0.25) is 4.79 Å². The van der Waals surface area contributed by atoms with Gasteiger partial charge in [-0.2, -0.15) is 4.98 Å². The zero-order valence-corrected chi connectivity index (χ0v) is 13.0. The van der Waals surface area contributed by atoms with E-state index in [4.69, 9.17) is 10.3 Å². The molecule has 0 radical (unpaired) electrons. The summed E-state index contributed by atoms with van der Waals surface area (Å²) in [5, 5.41) is 4.44. The Balaban J connectivity index is 1.82. The molecule has 0 fully saturated rings. The predicted molar refractivity (Wildman–Crippen MR) is 81.6 cm³/mol. The lowest BCUT2D eigenvalue weighted by Crippen LogP contribution is -2.11. The van der Waals surface area contributed by atoms with Crippen LogP contribution in [0.15, 0.2) is 34.5 Å². The summed E-state index contributed by atoms with van der Waals surface area (Å²) in [6, 6.07) is 0. The summed E-state index contributed by atoms with van der Waals surface area (Å²) in [6.07, 6.45) is 6.85. The van der Waals surface area contributed by atoms with E-state index < -0.39 is 5.91 Å². The summed E-state index contributed by atoms with van der Waals surface area (Å²) in [5.41, 5.74) is 5.86. The molecule has 23 heavy (non-hydrogen) atoms. The highest BCUT2D eigenvalue weighted by Gasteiger charge is 2.14. The molecule has 0 aliphatic carbocycles. The molecule has 3 aromatic rings. The van der Waals surface area contributed by atoms with Crippen LogP contribution in [-0.2, 0) is 6.54 Å².